The lowest BCUT2D eigenvalue weighted by Crippen LogP contribution is -2.19. The van der Waals surface area contributed by atoms with Crippen molar-refractivity contribution in [3.05, 3.63) is 163 Å². The van der Waals surface area contributed by atoms with Gasteiger partial charge in [0.05, 0.1) is 0 Å². The molecule has 0 aliphatic rings. The van der Waals surface area contributed by atoms with Crippen molar-refractivity contribution in [3.8, 4) is 11.1 Å². The number of hydrogen-bond donors (Lipinski definition) is 0. The fraction of sp³-hybridized carbons (Fsp3) is 0.0769. The van der Waals surface area contributed by atoms with Crippen molar-refractivity contribution in [3.63, 3.8) is 0 Å². The second kappa shape index (κ2) is 10.1. The zero-order valence-electron chi connectivity index (χ0n) is 23.3. The second-order valence-electron chi connectivity index (χ2n) is 11.1. The number of hydrogen-bond acceptors (Lipinski definition) is 2. The highest BCUT2D eigenvalue weighted by atomic mass is 16.3. The van der Waals surface area contributed by atoms with Gasteiger partial charge in [-0.05, 0) is 64.7 Å². The van der Waals surface area contributed by atoms with Crippen LogP contribution in [0.25, 0.3) is 33.1 Å². The molecule has 7 aromatic rings. The summed E-state index contributed by atoms with van der Waals surface area (Å²) < 4.78 is 6.28. The fourth-order valence-electron chi connectivity index (χ4n) is 5.78. The van der Waals surface area contributed by atoms with Crippen LogP contribution < -0.4 is 4.90 Å². The molecule has 2 nitrogen and oxygen atoms in total. The molecule has 41 heavy (non-hydrogen) atoms. The summed E-state index contributed by atoms with van der Waals surface area (Å²) in [6, 6.07) is 53.7. The van der Waals surface area contributed by atoms with E-state index >= 15 is 0 Å². The minimum absolute atomic E-state index is 0.102. The van der Waals surface area contributed by atoms with Crippen molar-refractivity contribution in [2.75, 3.05) is 4.90 Å². The molecule has 1 aromatic heterocycles. The minimum Gasteiger partial charge on any atom is -0.456 e. The number of furan rings is 1. The molecule has 0 atom stereocenters. The highest BCUT2D eigenvalue weighted by Crippen LogP contribution is 2.40. The molecule has 0 bridgehead atoms. The fourth-order valence-corrected chi connectivity index (χ4v) is 5.78. The van der Waals surface area contributed by atoms with E-state index in [0.29, 0.717) is 0 Å². The summed E-state index contributed by atoms with van der Waals surface area (Å²) in [6.07, 6.45) is 0. The van der Waals surface area contributed by atoms with Crippen LogP contribution in [0.2, 0.25) is 0 Å². The molecule has 0 aliphatic heterocycles. The molecule has 0 N–H and O–H groups in total. The lowest BCUT2D eigenvalue weighted by Gasteiger charge is -2.29. The lowest BCUT2D eigenvalue weighted by atomic mass is 9.78. The van der Waals surface area contributed by atoms with Gasteiger partial charge in [-0.1, -0.05) is 117 Å². The quantitative estimate of drug-likeness (QED) is 0.213. The van der Waals surface area contributed by atoms with Crippen LogP contribution in [0.15, 0.2) is 156 Å². The van der Waals surface area contributed by atoms with E-state index in [4.69, 9.17) is 4.42 Å². The van der Waals surface area contributed by atoms with Crippen molar-refractivity contribution in [1.29, 1.82) is 0 Å². The first-order valence-electron chi connectivity index (χ1n) is 14.1. The van der Waals surface area contributed by atoms with Crippen LogP contribution in [0.3, 0.4) is 0 Å². The Morgan fingerprint density at radius 2 is 0.951 bits per heavy atom. The van der Waals surface area contributed by atoms with E-state index in [-0.39, 0.29) is 5.41 Å². The Kier molecular flexibility index (Phi) is 6.17. The molecular weight excluding hydrogens is 498 g/mol. The van der Waals surface area contributed by atoms with E-state index in [1.165, 1.54) is 22.3 Å². The third-order valence-electron chi connectivity index (χ3n) is 8.20. The molecule has 0 saturated heterocycles. The highest BCUT2D eigenvalue weighted by Gasteiger charge is 2.23. The molecule has 6 aromatic carbocycles. The molecule has 0 saturated carbocycles. The zero-order chi connectivity index (χ0) is 27.8. The Morgan fingerprint density at radius 1 is 0.439 bits per heavy atom. The molecule has 7 rings (SSSR count). The van der Waals surface area contributed by atoms with Gasteiger partial charge in [0.25, 0.3) is 0 Å². The molecule has 0 amide bonds. The van der Waals surface area contributed by atoms with Crippen LogP contribution in [0.1, 0.15) is 25.0 Å². The van der Waals surface area contributed by atoms with E-state index in [9.17, 15) is 0 Å². The van der Waals surface area contributed by atoms with Crippen molar-refractivity contribution < 1.29 is 4.42 Å². The average molecular weight is 530 g/mol. The third-order valence-corrected chi connectivity index (χ3v) is 8.20. The van der Waals surface area contributed by atoms with Crippen LogP contribution in [0.4, 0.5) is 17.1 Å². The topological polar surface area (TPSA) is 16.4 Å². The second-order valence-corrected chi connectivity index (χ2v) is 11.1. The van der Waals surface area contributed by atoms with Gasteiger partial charge in [0.2, 0.25) is 0 Å². The van der Waals surface area contributed by atoms with E-state index < -0.39 is 0 Å². The van der Waals surface area contributed by atoms with Gasteiger partial charge in [-0.15, -0.1) is 0 Å². The SMILES string of the molecule is CC(C)(c1ccccc1)c1ccc(N(c2ccc(-c3ccccc3)cc2)c2ccc3c(c2)oc2ccccc23)cc1. The van der Waals surface area contributed by atoms with Crippen molar-refractivity contribution in [2.24, 2.45) is 0 Å². The Bertz CT molecular complexity index is 1930. The number of benzene rings is 6. The van der Waals surface area contributed by atoms with Crippen LogP contribution in [-0.4, -0.2) is 0 Å². The molecule has 0 radical (unpaired) electrons. The molecule has 2 heteroatoms. The Labute approximate surface area is 241 Å². The summed E-state index contributed by atoms with van der Waals surface area (Å²) in [5, 5.41) is 2.27. The number of para-hydroxylation sites is 1. The first-order valence-corrected chi connectivity index (χ1v) is 14.1. The monoisotopic (exact) mass is 529 g/mol. The third kappa shape index (κ3) is 4.58. The van der Waals surface area contributed by atoms with Crippen molar-refractivity contribution in [1.82, 2.24) is 0 Å². The number of rotatable bonds is 6. The molecule has 0 fully saturated rings. The predicted octanol–water partition coefficient (Wildman–Crippen LogP) is 11.0. The van der Waals surface area contributed by atoms with Gasteiger partial charge in [-0.3, -0.25) is 0 Å². The van der Waals surface area contributed by atoms with Gasteiger partial charge in [0, 0.05) is 39.3 Å². The molecule has 0 aliphatic carbocycles. The van der Waals surface area contributed by atoms with Crippen LogP contribution in [-0.2, 0) is 5.41 Å². The normalized spacial score (nSPS) is 11.7. The first kappa shape index (κ1) is 24.9. The van der Waals surface area contributed by atoms with E-state index in [2.05, 4.69) is 158 Å². The molecule has 198 valence electrons. The molecule has 0 spiro atoms. The number of fused-ring (bicyclic) bond motifs is 3. The summed E-state index contributed by atoms with van der Waals surface area (Å²) in [6.45, 7) is 4.57. The maximum absolute atomic E-state index is 6.28. The Balaban J connectivity index is 1.32. The van der Waals surface area contributed by atoms with Crippen LogP contribution in [0, 0.1) is 0 Å². The van der Waals surface area contributed by atoms with E-state index in [1.807, 2.05) is 12.1 Å². The standard InChI is InChI=1S/C39H31NO/c1-39(2,30-13-7-4-8-14-30)31-19-23-33(24-20-31)40(32-21-17-29(18-22-32)28-11-5-3-6-12-28)34-25-26-36-35-15-9-10-16-37(35)41-38(36)27-34/h3-27H,1-2H3. The number of nitrogens with zero attached hydrogens (tertiary/aromatic N) is 1. The summed E-state index contributed by atoms with van der Waals surface area (Å²) in [4.78, 5) is 2.31. The predicted molar refractivity (Wildman–Crippen MR) is 172 cm³/mol. The maximum Gasteiger partial charge on any atom is 0.137 e. The Morgan fingerprint density at radius 3 is 1.66 bits per heavy atom. The summed E-state index contributed by atoms with van der Waals surface area (Å²) in [5.74, 6) is 0. The lowest BCUT2D eigenvalue weighted by molar-refractivity contribution is 0.641. The summed E-state index contributed by atoms with van der Waals surface area (Å²) in [5.41, 5.74) is 9.92. The van der Waals surface area contributed by atoms with Gasteiger partial charge >= 0.3 is 0 Å². The first-order chi connectivity index (χ1) is 20.1. The average Bonchev–Trinajstić information content (AvgIpc) is 3.41. The summed E-state index contributed by atoms with van der Waals surface area (Å²) in [7, 11) is 0. The molecular formula is C39H31NO. The minimum atomic E-state index is -0.102. The number of anilines is 3. The molecule has 1 heterocycles. The highest BCUT2D eigenvalue weighted by molar-refractivity contribution is 6.06. The smallest absolute Gasteiger partial charge is 0.137 e. The van der Waals surface area contributed by atoms with Crippen LogP contribution in [0.5, 0.6) is 0 Å². The Hall–Kier alpha value is -5.08. The van der Waals surface area contributed by atoms with Gasteiger partial charge in [-0.25, -0.2) is 0 Å². The van der Waals surface area contributed by atoms with Crippen LogP contribution >= 0.6 is 0 Å². The zero-order valence-corrected chi connectivity index (χ0v) is 23.3. The van der Waals surface area contributed by atoms with Crippen molar-refractivity contribution >= 4 is 39.0 Å². The summed E-state index contributed by atoms with van der Waals surface area (Å²) >= 11 is 0. The van der Waals surface area contributed by atoms with Gasteiger partial charge in [0.1, 0.15) is 11.2 Å². The maximum atomic E-state index is 6.28. The van der Waals surface area contributed by atoms with Gasteiger partial charge in [0.15, 0.2) is 0 Å². The molecule has 0 unspecified atom stereocenters. The van der Waals surface area contributed by atoms with Gasteiger partial charge < -0.3 is 9.32 Å². The van der Waals surface area contributed by atoms with E-state index in [0.717, 1.165) is 39.0 Å². The largest absolute Gasteiger partial charge is 0.456 e. The van der Waals surface area contributed by atoms with E-state index in [1.54, 1.807) is 0 Å². The van der Waals surface area contributed by atoms with Crippen molar-refractivity contribution in [2.45, 2.75) is 19.3 Å². The van der Waals surface area contributed by atoms with Gasteiger partial charge in [-0.2, -0.15) is 0 Å².